The van der Waals surface area contributed by atoms with Crippen molar-refractivity contribution in [3.8, 4) is 0 Å². The number of esters is 1. The summed E-state index contributed by atoms with van der Waals surface area (Å²) in [5, 5.41) is -0.242. The van der Waals surface area contributed by atoms with E-state index in [1.807, 2.05) is 30.3 Å². The molecule has 1 aliphatic rings. The molecule has 0 unspecified atom stereocenters. The molecule has 0 radical (unpaired) electrons. The van der Waals surface area contributed by atoms with Crippen LogP contribution in [0.3, 0.4) is 0 Å². The van der Waals surface area contributed by atoms with Crippen molar-refractivity contribution in [2.45, 2.75) is 36.3 Å². The van der Waals surface area contributed by atoms with E-state index in [4.69, 9.17) is 23.7 Å². The van der Waals surface area contributed by atoms with Crippen LogP contribution in [-0.4, -0.2) is 78.3 Å². The summed E-state index contributed by atoms with van der Waals surface area (Å²) >= 11 is -0.0295. The van der Waals surface area contributed by atoms with Crippen LogP contribution in [0.2, 0.25) is 0 Å². The fraction of sp³-hybridized carbons (Fsp3) is 0.588. The molecule has 0 spiro atoms. The first-order valence-electron chi connectivity index (χ1n) is 7.69. The van der Waals surface area contributed by atoms with Crippen LogP contribution in [-0.2, 0) is 28.5 Å². The molecule has 1 saturated heterocycles. The molecule has 6 nitrogen and oxygen atoms in total. The predicted molar refractivity (Wildman–Crippen MR) is 89.5 cm³/mol. The number of hydrogen-bond acceptors (Lipinski definition) is 6. The third kappa shape index (κ3) is 4.79. The van der Waals surface area contributed by atoms with E-state index >= 15 is 0 Å². The topological polar surface area (TPSA) is 63.2 Å². The van der Waals surface area contributed by atoms with E-state index in [0.29, 0.717) is 6.61 Å². The van der Waals surface area contributed by atoms with Gasteiger partial charge in [-0.1, -0.05) is 0 Å². The Morgan fingerprint density at radius 1 is 1.21 bits per heavy atom. The number of hydrogen-bond donors (Lipinski definition) is 0. The number of rotatable bonds is 8. The maximum absolute atomic E-state index is 11.5. The van der Waals surface area contributed by atoms with Crippen molar-refractivity contribution in [3.63, 3.8) is 0 Å². The molecule has 0 bridgehead atoms. The quantitative estimate of drug-likeness (QED) is 0.461. The van der Waals surface area contributed by atoms with Gasteiger partial charge in [0.1, 0.15) is 0 Å². The average molecular weight is 403 g/mol. The Balaban J connectivity index is 2.21. The van der Waals surface area contributed by atoms with Gasteiger partial charge in [0, 0.05) is 0 Å². The molecular weight excluding hydrogens is 379 g/mol. The molecule has 1 fully saturated rings. The van der Waals surface area contributed by atoms with Crippen LogP contribution in [0, 0.1) is 0 Å². The van der Waals surface area contributed by atoms with Gasteiger partial charge in [-0.15, -0.1) is 0 Å². The second-order valence-corrected chi connectivity index (χ2v) is 7.86. The second kappa shape index (κ2) is 9.51. The summed E-state index contributed by atoms with van der Waals surface area (Å²) in [6, 6.07) is 10.0. The summed E-state index contributed by atoms with van der Waals surface area (Å²) in [7, 11) is 4.81. The fourth-order valence-corrected chi connectivity index (χ4v) is 5.05. The van der Waals surface area contributed by atoms with Crippen molar-refractivity contribution in [2.75, 3.05) is 27.9 Å². The standard InChI is InChI=1S/C17H24O6Se/c1-11(18)22-16-15(21-4)14(13(20-3)10-19-2)23-17(16)24-12-8-6-5-7-9-12/h5-9,13-17H,10H2,1-4H3/t13-,14+,15-,16+,17-/m0/s1. The van der Waals surface area contributed by atoms with Gasteiger partial charge in [0.2, 0.25) is 0 Å². The normalized spacial score (nSPS) is 27.8. The Kier molecular flexibility index (Phi) is 7.68. The zero-order valence-electron chi connectivity index (χ0n) is 14.3. The fourth-order valence-electron chi connectivity index (χ4n) is 2.72. The number of carbonyl (C=O) groups is 1. The molecule has 24 heavy (non-hydrogen) atoms. The van der Waals surface area contributed by atoms with E-state index in [0.717, 1.165) is 0 Å². The molecule has 0 aliphatic carbocycles. The van der Waals surface area contributed by atoms with Gasteiger partial charge in [-0.2, -0.15) is 0 Å². The van der Waals surface area contributed by atoms with Gasteiger partial charge in [0.25, 0.3) is 0 Å². The molecule has 2 rings (SSSR count). The first-order chi connectivity index (χ1) is 11.6. The summed E-state index contributed by atoms with van der Waals surface area (Å²) in [5.41, 5.74) is 0. The van der Waals surface area contributed by atoms with Gasteiger partial charge >= 0.3 is 148 Å². The van der Waals surface area contributed by atoms with Gasteiger partial charge in [0.05, 0.1) is 0 Å². The Morgan fingerprint density at radius 2 is 1.92 bits per heavy atom. The van der Waals surface area contributed by atoms with E-state index in [1.54, 1.807) is 21.3 Å². The van der Waals surface area contributed by atoms with E-state index in [-0.39, 0.29) is 38.1 Å². The second-order valence-electron chi connectivity index (χ2n) is 5.40. The zero-order valence-corrected chi connectivity index (χ0v) is 16.1. The van der Waals surface area contributed by atoms with Gasteiger partial charge in [-0.05, 0) is 0 Å². The van der Waals surface area contributed by atoms with Crippen LogP contribution in [0.1, 0.15) is 6.92 Å². The van der Waals surface area contributed by atoms with Crippen molar-refractivity contribution in [2.24, 2.45) is 0 Å². The van der Waals surface area contributed by atoms with Crippen molar-refractivity contribution in [3.05, 3.63) is 30.3 Å². The van der Waals surface area contributed by atoms with E-state index in [9.17, 15) is 4.79 Å². The van der Waals surface area contributed by atoms with Crippen molar-refractivity contribution < 1.29 is 28.5 Å². The molecule has 0 saturated carbocycles. The molecule has 134 valence electrons. The zero-order chi connectivity index (χ0) is 17.5. The Morgan fingerprint density at radius 3 is 2.46 bits per heavy atom. The molecule has 1 aromatic carbocycles. The van der Waals surface area contributed by atoms with Gasteiger partial charge in [0.15, 0.2) is 0 Å². The van der Waals surface area contributed by atoms with Crippen LogP contribution in [0.5, 0.6) is 0 Å². The SMILES string of the molecule is COC[C@H](OC)[C@H]1O[C@@H]([Se]c2ccccc2)[C@H](OC(C)=O)[C@H]1OC. The number of ether oxygens (including phenoxy) is 5. The molecule has 5 atom stereocenters. The summed E-state index contributed by atoms with van der Waals surface area (Å²) in [6.45, 7) is 1.77. The number of benzene rings is 1. The molecule has 0 amide bonds. The Labute approximate surface area is 148 Å². The molecule has 0 N–H and O–H groups in total. The van der Waals surface area contributed by atoms with Crippen molar-refractivity contribution >= 4 is 25.4 Å². The van der Waals surface area contributed by atoms with E-state index in [1.165, 1.54) is 11.4 Å². The third-order valence-electron chi connectivity index (χ3n) is 3.78. The molecule has 1 aromatic rings. The summed E-state index contributed by atoms with van der Waals surface area (Å²) < 4.78 is 29.2. The Hall–Kier alpha value is -0.951. The van der Waals surface area contributed by atoms with Crippen LogP contribution in [0.15, 0.2) is 30.3 Å². The van der Waals surface area contributed by atoms with Gasteiger partial charge in [-0.25, -0.2) is 0 Å². The Bertz CT molecular complexity index is 511. The minimum atomic E-state index is -0.466. The van der Waals surface area contributed by atoms with Crippen molar-refractivity contribution in [1.82, 2.24) is 0 Å². The van der Waals surface area contributed by atoms with Crippen LogP contribution in [0.25, 0.3) is 0 Å². The minimum absolute atomic E-state index is 0.0295. The van der Waals surface area contributed by atoms with E-state index < -0.39 is 12.2 Å². The molecule has 1 heterocycles. The number of methoxy groups -OCH3 is 3. The average Bonchev–Trinajstić information content (AvgIpc) is 2.90. The van der Waals surface area contributed by atoms with Crippen molar-refractivity contribution in [1.29, 1.82) is 0 Å². The molecule has 0 aromatic heterocycles. The van der Waals surface area contributed by atoms with Crippen LogP contribution >= 0.6 is 0 Å². The van der Waals surface area contributed by atoms with Crippen LogP contribution < -0.4 is 4.46 Å². The van der Waals surface area contributed by atoms with Gasteiger partial charge in [-0.3, -0.25) is 0 Å². The molecule has 1 aliphatic heterocycles. The molecule has 7 heteroatoms. The third-order valence-corrected chi connectivity index (χ3v) is 6.20. The van der Waals surface area contributed by atoms with Gasteiger partial charge < -0.3 is 0 Å². The first kappa shape index (κ1) is 19.4. The maximum atomic E-state index is 11.5. The predicted octanol–water partition coefficient (Wildman–Crippen LogP) is 0.349. The summed E-state index contributed by atoms with van der Waals surface area (Å²) in [6.07, 6.45) is -1.52. The number of carbonyl (C=O) groups excluding carboxylic acids is 1. The first-order valence-corrected chi connectivity index (χ1v) is 9.54. The summed E-state index contributed by atoms with van der Waals surface area (Å²) in [4.78, 5) is 11.5. The summed E-state index contributed by atoms with van der Waals surface area (Å²) in [5.74, 6) is -0.346. The molecular formula is C17H24O6Se. The van der Waals surface area contributed by atoms with E-state index in [2.05, 4.69) is 0 Å². The monoisotopic (exact) mass is 404 g/mol. The van der Waals surface area contributed by atoms with Crippen LogP contribution in [0.4, 0.5) is 0 Å².